The van der Waals surface area contributed by atoms with E-state index in [0.717, 1.165) is 23.0 Å². The summed E-state index contributed by atoms with van der Waals surface area (Å²) >= 11 is 0. The Hall–Kier alpha value is -2.08. The van der Waals surface area contributed by atoms with Gasteiger partial charge < -0.3 is 20.0 Å². The molecule has 1 aromatic carbocycles. The van der Waals surface area contributed by atoms with Crippen molar-refractivity contribution >= 4 is 16.9 Å². The van der Waals surface area contributed by atoms with E-state index in [9.17, 15) is 9.59 Å². The number of amides is 1. The average Bonchev–Trinajstić information content (AvgIpc) is 2.74. The molecular formula is C13H17N3O3. The molecule has 0 saturated heterocycles. The molecule has 0 bridgehead atoms. The molecule has 2 rings (SSSR count). The topological polar surface area (TPSA) is 87.0 Å². The zero-order valence-corrected chi connectivity index (χ0v) is 10.8. The van der Waals surface area contributed by atoms with Crippen molar-refractivity contribution in [3.8, 4) is 0 Å². The first-order valence-corrected chi connectivity index (χ1v) is 6.15. The van der Waals surface area contributed by atoms with E-state index < -0.39 is 0 Å². The summed E-state index contributed by atoms with van der Waals surface area (Å²) in [5.41, 5.74) is 2.09. The molecule has 0 unspecified atom stereocenters. The second-order valence-electron chi connectivity index (χ2n) is 4.33. The summed E-state index contributed by atoms with van der Waals surface area (Å²) in [6.07, 6.45) is 1.10. The van der Waals surface area contributed by atoms with E-state index in [4.69, 9.17) is 4.74 Å². The number of aromatic amines is 2. The maximum absolute atomic E-state index is 11.7. The Labute approximate surface area is 110 Å². The number of nitrogens with one attached hydrogen (secondary N) is 3. The standard InChI is InChI=1S/C13H17N3O3/c1-19-6-2-5-14-12(17)8-9-3-4-10-11(7-9)16-13(18)15-10/h3-4,7H,2,5-6,8H2,1H3,(H,14,17)(H2,15,16,18). The molecule has 0 aliphatic rings. The lowest BCUT2D eigenvalue weighted by Gasteiger charge is -2.05. The van der Waals surface area contributed by atoms with Crippen LogP contribution in [0, 0.1) is 0 Å². The van der Waals surface area contributed by atoms with Gasteiger partial charge in [0.15, 0.2) is 0 Å². The van der Waals surface area contributed by atoms with Gasteiger partial charge in [-0.15, -0.1) is 0 Å². The van der Waals surface area contributed by atoms with E-state index in [1.807, 2.05) is 12.1 Å². The lowest BCUT2D eigenvalue weighted by molar-refractivity contribution is -0.120. The number of carbonyl (C=O) groups excluding carboxylic acids is 1. The van der Waals surface area contributed by atoms with Crippen molar-refractivity contribution in [2.24, 2.45) is 0 Å². The molecule has 19 heavy (non-hydrogen) atoms. The Morgan fingerprint density at radius 2 is 2.11 bits per heavy atom. The fourth-order valence-electron chi connectivity index (χ4n) is 1.88. The van der Waals surface area contributed by atoms with Crippen LogP contribution in [0.4, 0.5) is 0 Å². The van der Waals surface area contributed by atoms with Crippen molar-refractivity contribution in [2.75, 3.05) is 20.3 Å². The second kappa shape index (κ2) is 6.19. The Balaban J connectivity index is 1.93. The Morgan fingerprint density at radius 3 is 2.89 bits per heavy atom. The van der Waals surface area contributed by atoms with Crippen molar-refractivity contribution in [2.45, 2.75) is 12.8 Å². The first kappa shape index (κ1) is 13.4. The van der Waals surface area contributed by atoms with Crippen molar-refractivity contribution < 1.29 is 9.53 Å². The zero-order valence-electron chi connectivity index (χ0n) is 10.8. The number of hydrogen-bond acceptors (Lipinski definition) is 3. The van der Waals surface area contributed by atoms with Crippen molar-refractivity contribution in [1.82, 2.24) is 15.3 Å². The van der Waals surface area contributed by atoms with E-state index in [1.165, 1.54) is 0 Å². The minimum atomic E-state index is -0.240. The van der Waals surface area contributed by atoms with Gasteiger partial charge in [-0.3, -0.25) is 4.79 Å². The number of fused-ring (bicyclic) bond motifs is 1. The number of methoxy groups -OCH3 is 1. The largest absolute Gasteiger partial charge is 0.385 e. The smallest absolute Gasteiger partial charge is 0.323 e. The number of carbonyl (C=O) groups is 1. The number of benzene rings is 1. The van der Waals surface area contributed by atoms with Crippen LogP contribution in [0.3, 0.4) is 0 Å². The lowest BCUT2D eigenvalue weighted by Crippen LogP contribution is -2.26. The number of ether oxygens (including phenoxy) is 1. The van der Waals surface area contributed by atoms with Gasteiger partial charge >= 0.3 is 5.69 Å². The van der Waals surface area contributed by atoms with Crippen LogP contribution >= 0.6 is 0 Å². The van der Waals surface area contributed by atoms with Crippen LogP contribution in [0.2, 0.25) is 0 Å². The van der Waals surface area contributed by atoms with Gasteiger partial charge in [0.25, 0.3) is 0 Å². The van der Waals surface area contributed by atoms with Crippen LogP contribution in [0.25, 0.3) is 11.0 Å². The quantitative estimate of drug-likeness (QED) is 0.665. The highest BCUT2D eigenvalue weighted by molar-refractivity contribution is 5.81. The lowest BCUT2D eigenvalue weighted by atomic mass is 10.1. The van der Waals surface area contributed by atoms with Crippen molar-refractivity contribution in [3.63, 3.8) is 0 Å². The average molecular weight is 263 g/mol. The minimum Gasteiger partial charge on any atom is -0.385 e. The molecule has 0 atom stereocenters. The maximum Gasteiger partial charge on any atom is 0.323 e. The summed E-state index contributed by atoms with van der Waals surface area (Å²) in [5.74, 6) is -0.0339. The number of hydrogen-bond donors (Lipinski definition) is 3. The molecule has 6 heteroatoms. The molecule has 0 aliphatic heterocycles. The predicted molar refractivity (Wildman–Crippen MR) is 72.1 cm³/mol. The number of H-pyrrole nitrogens is 2. The maximum atomic E-state index is 11.7. The van der Waals surface area contributed by atoms with Crippen LogP contribution < -0.4 is 11.0 Å². The molecule has 1 aromatic heterocycles. The normalized spacial score (nSPS) is 10.8. The third kappa shape index (κ3) is 3.69. The summed E-state index contributed by atoms with van der Waals surface area (Å²) in [6.45, 7) is 1.24. The van der Waals surface area contributed by atoms with Gasteiger partial charge in [0.1, 0.15) is 0 Å². The molecule has 3 N–H and O–H groups in total. The van der Waals surface area contributed by atoms with Gasteiger partial charge in [-0.2, -0.15) is 0 Å². The van der Waals surface area contributed by atoms with Gasteiger partial charge in [-0.05, 0) is 24.1 Å². The molecule has 2 aromatic rings. The van der Waals surface area contributed by atoms with Crippen LogP contribution in [0.1, 0.15) is 12.0 Å². The molecular weight excluding hydrogens is 246 g/mol. The molecule has 0 aliphatic carbocycles. The highest BCUT2D eigenvalue weighted by Crippen LogP contribution is 2.10. The van der Waals surface area contributed by atoms with Crippen molar-refractivity contribution in [1.29, 1.82) is 0 Å². The fourth-order valence-corrected chi connectivity index (χ4v) is 1.88. The summed E-state index contributed by atoms with van der Waals surface area (Å²) < 4.78 is 4.90. The molecule has 0 fully saturated rings. The first-order valence-electron chi connectivity index (χ1n) is 6.15. The van der Waals surface area contributed by atoms with Crippen LogP contribution in [0.15, 0.2) is 23.0 Å². The van der Waals surface area contributed by atoms with E-state index in [1.54, 1.807) is 13.2 Å². The predicted octanol–water partition coefficient (Wildman–Crippen LogP) is 0.551. The Morgan fingerprint density at radius 1 is 1.32 bits per heavy atom. The monoisotopic (exact) mass is 263 g/mol. The number of imidazole rings is 1. The molecule has 6 nitrogen and oxygen atoms in total. The Bertz CT molecular complexity index is 615. The third-order valence-corrected chi connectivity index (χ3v) is 2.79. The summed E-state index contributed by atoms with van der Waals surface area (Å²) in [5, 5.41) is 2.82. The zero-order chi connectivity index (χ0) is 13.7. The van der Waals surface area contributed by atoms with Gasteiger partial charge in [0.05, 0.1) is 17.5 Å². The summed E-state index contributed by atoms with van der Waals surface area (Å²) in [7, 11) is 1.63. The highest BCUT2D eigenvalue weighted by atomic mass is 16.5. The molecule has 0 radical (unpaired) electrons. The van der Waals surface area contributed by atoms with Crippen LogP contribution in [-0.2, 0) is 16.0 Å². The van der Waals surface area contributed by atoms with Crippen LogP contribution in [0.5, 0.6) is 0 Å². The molecule has 0 spiro atoms. The molecule has 102 valence electrons. The van der Waals surface area contributed by atoms with Gasteiger partial charge in [0.2, 0.25) is 5.91 Å². The van der Waals surface area contributed by atoms with E-state index in [2.05, 4.69) is 15.3 Å². The summed E-state index contributed by atoms with van der Waals surface area (Å²) in [6, 6.07) is 5.43. The van der Waals surface area contributed by atoms with Crippen LogP contribution in [-0.4, -0.2) is 36.1 Å². The van der Waals surface area contributed by atoms with Gasteiger partial charge in [-0.25, -0.2) is 4.79 Å². The number of aromatic nitrogens is 2. The van der Waals surface area contributed by atoms with Gasteiger partial charge in [0, 0.05) is 20.3 Å². The fraction of sp³-hybridized carbons (Fsp3) is 0.385. The molecule has 1 amide bonds. The van der Waals surface area contributed by atoms with E-state index in [0.29, 0.717) is 19.6 Å². The second-order valence-corrected chi connectivity index (χ2v) is 4.33. The van der Waals surface area contributed by atoms with Gasteiger partial charge in [-0.1, -0.05) is 6.07 Å². The highest BCUT2D eigenvalue weighted by Gasteiger charge is 2.05. The SMILES string of the molecule is COCCCNC(=O)Cc1ccc2[nH]c(=O)[nH]c2c1. The molecule has 0 saturated carbocycles. The van der Waals surface area contributed by atoms with E-state index in [-0.39, 0.29) is 11.6 Å². The summed E-state index contributed by atoms with van der Waals surface area (Å²) in [4.78, 5) is 28.1. The first-order chi connectivity index (χ1) is 9.19. The van der Waals surface area contributed by atoms with Crippen molar-refractivity contribution in [3.05, 3.63) is 34.2 Å². The molecule has 1 heterocycles. The third-order valence-electron chi connectivity index (χ3n) is 2.79. The minimum absolute atomic E-state index is 0.0339. The van der Waals surface area contributed by atoms with E-state index >= 15 is 0 Å². The Kier molecular flexibility index (Phi) is 4.35. The number of rotatable bonds is 6.